The molecule has 0 aliphatic rings. The maximum Gasteiger partial charge on any atom is 0.436 e. The zero-order chi connectivity index (χ0) is 6.78. The third kappa shape index (κ3) is 5.11. The first kappa shape index (κ1) is 7.11. The molecule has 0 fully saturated rings. The van der Waals surface area contributed by atoms with Crippen LogP contribution in [0.15, 0.2) is 0 Å². The SMILES string of the molecule is O=[N+]([O-])[N]S(=O)(=O)O. The van der Waals surface area contributed by atoms with Gasteiger partial charge in [0.15, 0.2) is 4.83 Å². The molecule has 0 amide bonds. The predicted molar refractivity (Wildman–Crippen MR) is 20.7 cm³/mol. The van der Waals surface area contributed by atoms with Crippen molar-refractivity contribution in [3.63, 3.8) is 0 Å². The largest absolute Gasteiger partial charge is 0.436 e. The zero-order valence-electron chi connectivity index (χ0n) is 3.38. The van der Waals surface area contributed by atoms with Crippen molar-refractivity contribution in [2.24, 2.45) is 0 Å². The van der Waals surface area contributed by atoms with Gasteiger partial charge in [0.2, 0.25) is 5.03 Å². The summed E-state index contributed by atoms with van der Waals surface area (Å²) in [4.78, 5) is 10.8. The highest BCUT2D eigenvalue weighted by molar-refractivity contribution is 7.83. The van der Waals surface area contributed by atoms with E-state index >= 15 is 0 Å². The molecule has 0 unspecified atom stereocenters. The van der Waals surface area contributed by atoms with Crippen LogP contribution in [0.2, 0.25) is 0 Å². The Balaban J connectivity index is 3.95. The summed E-state index contributed by atoms with van der Waals surface area (Å²) in [5, 5.41) is 7.61. The minimum atomic E-state index is -4.80. The van der Waals surface area contributed by atoms with Crippen molar-refractivity contribution in [3.05, 3.63) is 10.1 Å². The molecule has 0 aromatic carbocycles. The monoisotopic (exact) mass is 141 g/mol. The van der Waals surface area contributed by atoms with Gasteiger partial charge in [0.05, 0.1) is 0 Å². The van der Waals surface area contributed by atoms with Crippen LogP contribution in [0.4, 0.5) is 0 Å². The normalized spacial score (nSPS) is 10.6. The summed E-state index contributed by atoms with van der Waals surface area (Å²) in [6.45, 7) is 0. The van der Waals surface area contributed by atoms with E-state index in [9.17, 15) is 8.42 Å². The van der Waals surface area contributed by atoms with E-state index in [1.165, 1.54) is 0 Å². The molecule has 0 saturated heterocycles. The molecular formula is HN2O5S. The second-order valence-corrected chi connectivity index (χ2v) is 1.83. The van der Waals surface area contributed by atoms with E-state index < -0.39 is 15.3 Å². The quantitative estimate of drug-likeness (QED) is 0.288. The molecular weight excluding hydrogens is 140 g/mol. The number of rotatable bonds is 2. The molecule has 0 aromatic rings. The third-order valence-corrected chi connectivity index (χ3v) is 0.510. The summed E-state index contributed by atoms with van der Waals surface area (Å²) in [7, 11) is -4.80. The fraction of sp³-hybridized carbons (Fsp3) is 0. The molecule has 0 heterocycles. The highest BCUT2D eigenvalue weighted by Crippen LogP contribution is 1.73. The molecule has 8 heavy (non-hydrogen) atoms. The first-order valence-electron chi connectivity index (χ1n) is 1.26. The lowest BCUT2D eigenvalue weighted by molar-refractivity contribution is -0.524. The summed E-state index contributed by atoms with van der Waals surface area (Å²) in [5.74, 6) is 0. The van der Waals surface area contributed by atoms with E-state index in [4.69, 9.17) is 14.7 Å². The molecule has 0 atom stereocenters. The smallest absolute Gasteiger partial charge is 0.264 e. The Morgan fingerprint density at radius 3 is 2.00 bits per heavy atom. The van der Waals surface area contributed by atoms with Crippen LogP contribution in [0.3, 0.4) is 0 Å². The van der Waals surface area contributed by atoms with E-state index in [0.29, 0.717) is 0 Å². The van der Waals surface area contributed by atoms with Gasteiger partial charge >= 0.3 is 10.3 Å². The second kappa shape index (κ2) is 1.92. The van der Waals surface area contributed by atoms with Crippen molar-refractivity contribution in [2.75, 3.05) is 0 Å². The van der Waals surface area contributed by atoms with E-state index in [2.05, 4.69) is 0 Å². The van der Waals surface area contributed by atoms with Gasteiger partial charge in [-0.2, -0.15) is 8.42 Å². The van der Waals surface area contributed by atoms with Crippen molar-refractivity contribution < 1.29 is 18.0 Å². The van der Waals surface area contributed by atoms with Gasteiger partial charge in [-0.05, 0) is 0 Å². The highest BCUT2D eigenvalue weighted by atomic mass is 32.2. The first-order valence-corrected chi connectivity index (χ1v) is 2.66. The Labute approximate surface area is 44.3 Å². The molecule has 0 aromatic heterocycles. The van der Waals surface area contributed by atoms with Gasteiger partial charge in [-0.3, -0.25) is 4.55 Å². The van der Waals surface area contributed by atoms with Crippen LogP contribution in [-0.2, 0) is 10.3 Å². The lowest BCUT2D eigenvalue weighted by Crippen LogP contribution is -2.20. The Kier molecular flexibility index (Phi) is 1.71. The molecule has 0 saturated carbocycles. The van der Waals surface area contributed by atoms with Crippen LogP contribution in [0, 0.1) is 10.1 Å². The van der Waals surface area contributed by atoms with E-state index in [1.54, 1.807) is 4.83 Å². The molecule has 8 heteroatoms. The van der Waals surface area contributed by atoms with Crippen LogP contribution < -0.4 is 4.83 Å². The van der Waals surface area contributed by atoms with Crippen LogP contribution in [0.5, 0.6) is 0 Å². The maximum atomic E-state index is 9.39. The Bertz CT molecular complexity index is 177. The average molecular weight is 141 g/mol. The van der Waals surface area contributed by atoms with Gasteiger partial charge in [0, 0.05) is 0 Å². The van der Waals surface area contributed by atoms with E-state index in [-0.39, 0.29) is 0 Å². The molecule has 0 spiro atoms. The van der Waals surface area contributed by atoms with Crippen molar-refractivity contribution in [3.8, 4) is 0 Å². The predicted octanol–water partition coefficient (Wildman–Crippen LogP) is -1.41. The highest BCUT2D eigenvalue weighted by Gasteiger charge is 2.14. The summed E-state index contributed by atoms with van der Waals surface area (Å²) >= 11 is 0. The van der Waals surface area contributed by atoms with Crippen LogP contribution in [0.25, 0.3) is 0 Å². The Morgan fingerprint density at radius 1 is 1.62 bits per heavy atom. The number of hydrogen-bond acceptors (Lipinski definition) is 4. The second-order valence-electron chi connectivity index (χ2n) is 0.767. The van der Waals surface area contributed by atoms with E-state index in [1.807, 2.05) is 0 Å². The lowest BCUT2D eigenvalue weighted by atomic mass is 12.7. The minimum absolute atomic E-state index is 1.50. The van der Waals surface area contributed by atoms with Crippen LogP contribution >= 0.6 is 0 Å². The number of nitrogens with zero attached hydrogens (tertiary/aromatic N) is 2. The molecule has 1 N–H and O–H groups in total. The fourth-order valence-electron chi connectivity index (χ4n) is 0.0842. The molecule has 0 rings (SSSR count). The fourth-order valence-corrected chi connectivity index (χ4v) is 0.253. The van der Waals surface area contributed by atoms with Gasteiger partial charge < -0.3 is 0 Å². The zero-order valence-corrected chi connectivity index (χ0v) is 4.20. The Morgan fingerprint density at radius 2 is 2.00 bits per heavy atom. The van der Waals surface area contributed by atoms with E-state index in [0.717, 1.165) is 0 Å². The summed E-state index contributed by atoms with van der Waals surface area (Å²) in [6, 6.07) is 0. The van der Waals surface area contributed by atoms with Gasteiger partial charge in [0.1, 0.15) is 0 Å². The number of nitro groups is 1. The van der Waals surface area contributed by atoms with Crippen molar-refractivity contribution in [2.45, 2.75) is 0 Å². The molecule has 7 nitrogen and oxygen atoms in total. The van der Waals surface area contributed by atoms with Crippen LogP contribution in [-0.4, -0.2) is 18.0 Å². The third-order valence-electron chi connectivity index (χ3n) is 0.170. The molecule has 0 aliphatic heterocycles. The minimum Gasteiger partial charge on any atom is -0.264 e. The summed E-state index contributed by atoms with van der Waals surface area (Å²) < 4.78 is 26.3. The molecule has 47 valence electrons. The molecule has 1 radical (unpaired) electrons. The standard InChI is InChI=1S/HN2O5S/c3-2(4)1-8(5,6)7/h(H,5,6,7). The van der Waals surface area contributed by atoms with Crippen LogP contribution in [0.1, 0.15) is 0 Å². The first-order chi connectivity index (χ1) is 3.42. The summed E-state index contributed by atoms with van der Waals surface area (Å²) in [6.07, 6.45) is 0. The summed E-state index contributed by atoms with van der Waals surface area (Å²) in [5.41, 5.74) is 0. The van der Waals surface area contributed by atoms with Gasteiger partial charge in [-0.25, -0.2) is 10.1 Å². The maximum absolute atomic E-state index is 9.39. The molecule has 0 bridgehead atoms. The van der Waals surface area contributed by atoms with Gasteiger partial charge in [-0.1, -0.05) is 0 Å². The van der Waals surface area contributed by atoms with Crippen molar-refractivity contribution >= 4 is 10.3 Å². The van der Waals surface area contributed by atoms with Crippen molar-refractivity contribution in [1.29, 1.82) is 0 Å². The number of hydrogen-bond donors (Lipinski definition) is 1. The topological polar surface area (TPSA) is 112 Å². The average Bonchev–Trinajstić information content (AvgIpc) is 1.21. The lowest BCUT2D eigenvalue weighted by Gasteiger charge is -1.80. The Hall–Kier alpha value is -0.890. The van der Waals surface area contributed by atoms with Gasteiger partial charge in [0.25, 0.3) is 0 Å². The van der Waals surface area contributed by atoms with Crippen molar-refractivity contribution in [1.82, 2.24) is 4.83 Å². The molecule has 0 aliphatic carbocycles. The van der Waals surface area contributed by atoms with Gasteiger partial charge in [-0.15, -0.1) is 0 Å².